The first-order valence-electron chi connectivity index (χ1n) is 8.24. The molecule has 0 aliphatic carbocycles. The van der Waals surface area contributed by atoms with Gasteiger partial charge in [0.15, 0.2) is 11.5 Å². The van der Waals surface area contributed by atoms with E-state index in [4.69, 9.17) is 9.47 Å². The minimum absolute atomic E-state index is 0.0813. The molecule has 128 valence electrons. The van der Waals surface area contributed by atoms with E-state index in [0.29, 0.717) is 24.5 Å². The Balaban J connectivity index is 1.69. The van der Waals surface area contributed by atoms with Gasteiger partial charge in [-0.3, -0.25) is 4.79 Å². The molecule has 0 saturated carbocycles. The monoisotopic (exact) mass is 327 g/mol. The van der Waals surface area contributed by atoms with E-state index >= 15 is 0 Å². The average Bonchev–Trinajstić information content (AvgIpc) is 2.64. The number of amides is 1. The van der Waals surface area contributed by atoms with Crippen LogP contribution in [0.25, 0.3) is 0 Å². The molecule has 2 aromatic carbocycles. The first kappa shape index (κ1) is 17.9. The van der Waals surface area contributed by atoms with E-state index in [1.165, 1.54) is 5.56 Å². The molecule has 0 bridgehead atoms. The Morgan fingerprint density at radius 1 is 0.917 bits per heavy atom. The number of methoxy groups -OCH3 is 2. The summed E-state index contributed by atoms with van der Waals surface area (Å²) in [6.07, 6.45) is 3.49. The number of aryl methyl sites for hydroxylation is 1. The van der Waals surface area contributed by atoms with Crippen molar-refractivity contribution in [3.63, 3.8) is 0 Å². The van der Waals surface area contributed by atoms with Gasteiger partial charge in [0.25, 0.3) is 0 Å². The highest BCUT2D eigenvalue weighted by Crippen LogP contribution is 2.27. The molecule has 4 heteroatoms. The van der Waals surface area contributed by atoms with Crippen molar-refractivity contribution in [2.45, 2.75) is 32.2 Å². The van der Waals surface area contributed by atoms with Crippen LogP contribution in [0.15, 0.2) is 48.5 Å². The standard InChI is InChI=1S/C20H25NO3/c1-23-18-13-12-17(14-19(18)24-2)15-21-20(22)11-7-6-10-16-8-4-3-5-9-16/h3-5,8-9,12-14H,6-7,10-11,15H2,1-2H3,(H,21,22). The van der Waals surface area contributed by atoms with Gasteiger partial charge in [0, 0.05) is 13.0 Å². The van der Waals surface area contributed by atoms with Crippen molar-refractivity contribution in [3.05, 3.63) is 59.7 Å². The second-order valence-electron chi connectivity index (χ2n) is 5.66. The zero-order valence-corrected chi connectivity index (χ0v) is 14.4. The molecule has 0 aliphatic heterocycles. The van der Waals surface area contributed by atoms with Crippen molar-refractivity contribution >= 4 is 5.91 Å². The Hall–Kier alpha value is -2.49. The molecular weight excluding hydrogens is 302 g/mol. The summed E-state index contributed by atoms with van der Waals surface area (Å²) >= 11 is 0. The van der Waals surface area contributed by atoms with Crippen molar-refractivity contribution in [2.75, 3.05) is 14.2 Å². The smallest absolute Gasteiger partial charge is 0.220 e. The van der Waals surface area contributed by atoms with E-state index in [9.17, 15) is 4.79 Å². The highest BCUT2D eigenvalue weighted by molar-refractivity contribution is 5.75. The lowest BCUT2D eigenvalue weighted by atomic mass is 10.1. The molecular formula is C20H25NO3. The van der Waals surface area contributed by atoms with E-state index in [2.05, 4.69) is 17.4 Å². The topological polar surface area (TPSA) is 47.6 Å². The molecule has 0 aromatic heterocycles. The Bertz CT molecular complexity index is 641. The SMILES string of the molecule is COc1ccc(CNC(=O)CCCCc2ccccc2)cc1OC. The summed E-state index contributed by atoms with van der Waals surface area (Å²) in [5, 5.41) is 2.95. The predicted octanol–water partition coefficient (Wildman–Crippen LogP) is 3.73. The third-order valence-corrected chi connectivity index (χ3v) is 3.90. The Morgan fingerprint density at radius 2 is 1.67 bits per heavy atom. The highest BCUT2D eigenvalue weighted by Gasteiger charge is 2.06. The molecule has 0 atom stereocenters. The number of carbonyl (C=O) groups is 1. The zero-order valence-electron chi connectivity index (χ0n) is 14.4. The molecule has 0 aliphatic rings. The molecule has 2 aromatic rings. The van der Waals surface area contributed by atoms with Gasteiger partial charge < -0.3 is 14.8 Å². The quantitative estimate of drug-likeness (QED) is 0.714. The lowest BCUT2D eigenvalue weighted by Crippen LogP contribution is -2.22. The van der Waals surface area contributed by atoms with Crippen LogP contribution in [0.1, 0.15) is 30.4 Å². The summed E-state index contributed by atoms with van der Waals surface area (Å²) in [5.41, 5.74) is 2.31. The third-order valence-electron chi connectivity index (χ3n) is 3.90. The van der Waals surface area contributed by atoms with E-state index in [1.807, 2.05) is 36.4 Å². The normalized spacial score (nSPS) is 10.2. The number of rotatable bonds is 9. The van der Waals surface area contributed by atoms with Crippen LogP contribution in [0.4, 0.5) is 0 Å². The number of ether oxygens (including phenoxy) is 2. The van der Waals surface area contributed by atoms with Gasteiger partial charge in [0.1, 0.15) is 0 Å². The number of hydrogen-bond acceptors (Lipinski definition) is 3. The minimum atomic E-state index is 0.0813. The van der Waals surface area contributed by atoms with Gasteiger partial charge in [-0.15, -0.1) is 0 Å². The lowest BCUT2D eigenvalue weighted by Gasteiger charge is -2.10. The molecule has 1 amide bonds. The summed E-state index contributed by atoms with van der Waals surface area (Å²) < 4.78 is 10.5. The molecule has 0 spiro atoms. The van der Waals surface area contributed by atoms with Crippen molar-refractivity contribution in [3.8, 4) is 11.5 Å². The fraction of sp³-hybridized carbons (Fsp3) is 0.350. The maximum Gasteiger partial charge on any atom is 0.220 e. The molecule has 0 fully saturated rings. The van der Waals surface area contributed by atoms with Crippen LogP contribution in [-0.4, -0.2) is 20.1 Å². The van der Waals surface area contributed by atoms with Crippen molar-refractivity contribution in [1.29, 1.82) is 0 Å². The summed E-state index contributed by atoms with van der Waals surface area (Å²) in [6, 6.07) is 16.0. The van der Waals surface area contributed by atoms with Gasteiger partial charge in [0.05, 0.1) is 14.2 Å². The van der Waals surface area contributed by atoms with Crippen LogP contribution >= 0.6 is 0 Å². The number of unbranched alkanes of at least 4 members (excludes halogenated alkanes) is 1. The van der Waals surface area contributed by atoms with Crippen LogP contribution in [0.2, 0.25) is 0 Å². The number of carbonyl (C=O) groups excluding carboxylic acids is 1. The summed E-state index contributed by atoms with van der Waals surface area (Å²) in [7, 11) is 3.21. The van der Waals surface area contributed by atoms with E-state index in [-0.39, 0.29) is 5.91 Å². The van der Waals surface area contributed by atoms with Crippen LogP contribution in [-0.2, 0) is 17.8 Å². The van der Waals surface area contributed by atoms with Crippen LogP contribution in [0.5, 0.6) is 11.5 Å². The third kappa shape index (κ3) is 5.61. The largest absolute Gasteiger partial charge is 0.493 e. The minimum Gasteiger partial charge on any atom is -0.493 e. The van der Waals surface area contributed by atoms with Crippen molar-refractivity contribution in [2.24, 2.45) is 0 Å². The second-order valence-corrected chi connectivity index (χ2v) is 5.66. The first-order valence-corrected chi connectivity index (χ1v) is 8.24. The fourth-order valence-corrected chi connectivity index (χ4v) is 2.54. The predicted molar refractivity (Wildman–Crippen MR) is 95.4 cm³/mol. The summed E-state index contributed by atoms with van der Waals surface area (Å²) in [5.74, 6) is 1.44. The van der Waals surface area contributed by atoms with Crippen LogP contribution < -0.4 is 14.8 Å². The highest BCUT2D eigenvalue weighted by atomic mass is 16.5. The molecule has 4 nitrogen and oxygen atoms in total. The van der Waals surface area contributed by atoms with Gasteiger partial charge in [-0.05, 0) is 42.5 Å². The van der Waals surface area contributed by atoms with Crippen molar-refractivity contribution < 1.29 is 14.3 Å². The fourth-order valence-electron chi connectivity index (χ4n) is 2.54. The number of nitrogens with one attached hydrogen (secondary N) is 1. The van der Waals surface area contributed by atoms with E-state index in [1.54, 1.807) is 14.2 Å². The maximum atomic E-state index is 11.9. The molecule has 1 N–H and O–H groups in total. The van der Waals surface area contributed by atoms with Gasteiger partial charge in [-0.25, -0.2) is 0 Å². The molecule has 0 unspecified atom stereocenters. The Kier molecular flexibility index (Phi) is 7.15. The summed E-state index contributed by atoms with van der Waals surface area (Å²) in [4.78, 5) is 11.9. The van der Waals surface area contributed by atoms with Crippen molar-refractivity contribution in [1.82, 2.24) is 5.32 Å². The molecule has 0 saturated heterocycles. The Labute approximate surface area is 143 Å². The van der Waals surface area contributed by atoms with E-state index in [0.717, 1.165) is 24.8 Å². The molecule has 0 radical (unpaired) electrons. The lowest BCUT2D eigenvalue weighted by molar-refractivity contribution is -0.121. The van der Waals surface area contributed by atoms with Gasteiger partial charge >= 0.3 is 0 Å². The first-order chi connectivity index (χ1) is 11.7. The van der Waals surface area contributed by atoms with E-state index < -0.39 is 0 Å². The number of hydrogen-bond donors (Lipinski definition) is 1. The molecule has 2 rings (SSSR count). The van der Waals surface area contributed by atoms with Crippen LogP contribution in [0, 0.1) is 0 Å². The second kappa shape index (κ2) is 9.60. The van der Waals surface area contributed by atoms with Gasteiger partial charge in [-0.2, -0.15) is 0 Å². The maximum absolute atomic E-state index is 11.9. The van der Waals surface area contributed by atoms with Gasteiger partial charge in [-0.1, -0.05) is 36.4 Å². The van der Waals surface area contributed by atoms with Gasteiger partial charge in [0.2, 0.25) is 5.91 Å². The zero-order chi connectivity index (χ0) is 17.2. The molecule has 24 heavy (non-hydrogen) atoms. The average molecular weight is 327 g/mol. The summed E-state index contributed by atoms with van der Waals surface area (Å²) in [6.45, 7) is 0.498. The van der Waals surface area contributed by atoms with Crippen LogP contribution in [0.3, 0.4) is 0 Å². The molecule has 0 heterocycles. The number of benzene rings is 2. The Morgan fingerprint density at radius 3 is 2.38 bits per heavy atom.